The number of nitrogens with zero attached hydrogens (tertiary/aromatic N) is 3. The molecule has 1 unspecified atom stereocenters. The minimum absolute atomic E-state index is 0.253. The van der Waals surface area contributed by atoms with Crippen LogP contribution in [0, 0.1) is 6.92 Å². The Kier molecular flexibility index (Phi) is 4.95. The number of hydrogen-bond acceptors (Lipinski definition) is 5. The van der Waals surface area contributed by atoms with Gasteiger partial charge in [-0.1, -0.05) is 0 Å². The summed E-state index contributed by atoms with van der Waals surface area (Å²) in [5, 5.41) is 3.48. The van der Waals surface area contributed by atoms with Crippen molar-refractivity contribution in [3.8, 4) is 0 Å². The molecule has 5 heteroatoms. The van der Waals surface area contributed by atoms with E-state index in [9.17, 15) is 0 Å². The third-order valence-electron chi connectivity index (χ3n) is 3.39. The van der Waals surface area contributed by atoms with Crippen LogP contribution in [0.2, 0.25) is 0 Å². The zero-order valence-electron chi connectivity index (χ0n) is 12.6. The van der Waals surface area contributed by atoms with Gasteiger partial charge in [-0.2, -0.15) is 0 Å². The Labute approximate surface area is 124 Å². The van der Waals surface area contributed by atoms with Crippen LogP contribution in [-0.4, -0.2) is 23.1 Å². The third kappa shape index (κ3) is 3.28. The van der Waals surface area contributed by atoms with Crippen LogP contribution in [0.3, 0.4) is 0 Å². The lowest BCUT2D eigenvalue weighted by Gasteiger charge is -2.20. The Morgan fingerprint density at radius 1 is 1.25 bits per heavy atom. The van der Waals surface area contributed by atoms with Crippen LogP contribution >= 0.6 is 11.3 Å². The van der Waals surface area contributed by atoms with Crippen LogP contribution in [0.4, 0.5) is 11.5 Å². The summed E-state index contributed by atoms with van der Waals surface area (Å²) >= 11 is 1.69. The van der Waals surface area contributed by atoms with Gasteiger partial charge >= 0.3 is 0 Å². The SMILES string of the molecule is CCN(CC)c1ccc(NC(C)c2scnc2C)cn1. The largest absolute Gasteiger partial charge is 0.376 e. The first kappa shape index (κ1) is 14.8. The van der Waals surface area contributed by atoms with Crippen molar-refractivity contribution >= 4 is 22.8 Å². The number of hydrogen-bond donors (Lipinski definition) is 1. The standard InChI is InChI=1S/C15H22N4S/c1-5-19(6-2)14-8-7-13(9-16-14)18-12(4)15-11(3)17-10-20-15/h7-10,12,18H,5-6H2,1-4H3. The average molecular weight is 290 g/mol. The highest BCUT2D eigenvalue weighted by Gasteiger charge is 2.11. The molecule has 0 amide bonds. The molecule has 0 saturated heterocycles. The van der Waals surface area contributed by atoms with Gasteiger partial charge in [-0.15, -0.1) is 11.3 Å². The van der Waals surface area contributed by atoms with E-state index >= 15 is 0 Å². The van der Waals surface area contributed by atoms with Gasteiger partial charge in [-0.25, -0.2) is 9.97 Å². The summed E-state index contributed by atoms with van der Waals surface area (Å²) in [5.41, 5.74) is 4.04. The molecule has 0 fully saturated rings. The molecule has 2 heterocycles. The van der Waals surface area contributed by atoms with Crippen LogP contribution in [0.1, 0.15) is 37.4 Å². The van der Waals surface area contributed by atoms with Gasteiger partial charge in [0.2, 0.25) is 0 Å². The molecule has 0 spiro atoms. The lowest BCUT2D eigenvalue weighted by atomic mass is 10.2. The number of nitrogens with one attached hydrogen (secondary N) is 1. The van der Waals surface area contributed by atoms with E-state index < -0.39 is 0 Å². The highest BCUT2D eigenvalue weighted by atomic mass is 32.1. The maximum absolute atomic E-state index is 4.53. The smallest absolute Gasteiger partial charge is 0.128 e. The van der Waals surface area contributed by atoms with Crippen molar-refractivity contribution in [1.82, 2.24) is 9.97 Å². The molecule has 0 aliphatic heterocycles. The number of pyridine rings is 1. The highest BCUT2D eigenvalue weighted by Crippen LogP contribution is 2.25. The quantitative estimate of drug-likeness (QED) is 0.877. The van der Waals surface area contributed by atoms with Gasteiger partial charge < -0.3 is 10.2 Å². The van der Waals surface area contributed by atoms with Gasteiger partial charge in [0.15, 0.2) is 0 Å². The molecular formula is C15H22N4S. The number of anilines is 2. The van der Waals surface area contributed by atoms with Crippen molar-refractivity contribution in [3.05, 3.63) is 34.4 Å². The normalized spacial score (nSPS) is 12.2. The van der Waals surface area contributed by atoms with E-state index in [0.29, 0.717) is 0 Å². The summed E-state index contributed by atoms with van der Waals surface area (Å²) in [5.74, 6) is 1.03. The Morgan fingerprint density at radius 3 is 2.50 bits per heavy atom. The monoisotopic (exact) mass is 290 g/mol. The van der Waals surface area contributed by atoms with Crippen molar-refractivity contribution in [2.75, 3.05) is 23.3 Å². The number of aryl methyl sites for hydroxylation is 1. The molecule has 0 saturated carbocycles. The molecule has 20 heavy (non-hydrogen) atoms. The molecule has 0 aromatic carbocycles. The molecule has 0 bridgehead atoms. The molecular weight excluding hydrogens is 268 g/mol. The summed E-state index contributed by atoms with van der Waals surface area (Å²) < 4.78 is 0. The van der Waals surface area contributed by atoms with Crippen LogP contribution in [0.5, 0.6) is 0 Å². The second-order valence-electron chi connectivity index (χ2n) is 4.75. The van der Waals surface area contributed by atoms with Crippen LogP contribution in [0.15, 0.2) is 23.8 Å². The van der Waals surface area contributed by atoms with E-state index in [-0.39, 0.29) is 6.04 Å². The number of aromatic nitrogens is 2. The first-order valence-electron chi connectivity index (χ1n) is 7.03. The van der Waals surface area contributed by atoms with Crippen molar-refractivity contribution in [1.29, 1.82) is 0 Å². The fourth-order valence-electron chi connectivity index (χ4n) is 2.25. The van der Waals surface area contributed by atoms with Crippen LogP contribution in [-0.2, 0) is 0 Å². The Hall–Kier alpha value is -1.62. The van der Waals surface area contributed by atoms with E-state index in [1.54, 1.807) is 11.3 Å². The zero-order chi connectivity index (χ0) is 14.5. The summed E-state index contributed by atoms with van der Waals surface area (Å²) in [6.07, 6.45) is 1.90. The molecule has 2 aromatic rings. The van der Waals surface area contributed by atoms with Crippen molar-refractivity contribution in [2.24, 2.45) is 0 Å². The fourth-order valence-corrected chi connectivity index (χ4v) is 3.06. The third-order valence-corrected chi connectivity index (χ3v) is 4.51. The Bertz CT molecular complexity index is 531. The van der Waals surface area contributed by atoms with Gasteiger partial charge in [-0.05, 0) is 39.8 Å². The summed E-state index contributed by atoms with van der Waals surface area (Å²) in [4.78, 5) is 12.3. The molecule has 108 valence electrons. The lowest BCUT2D eigenvalue weighted by Crippen LogP contribution is -2.22. The van der Waals surface area contributed by atoms with Crippen LogP contribution in [0.25, 0.3) is 0 Å². The fraction of sp³-hybridized carbons (Fsp3) is 0.467. The van der Waals surface area contributed by atoms with E-state index in [2.05, 4.69) is 53.1 Å². The summed E-state index contributed by atoms with van der Waals surface area (Å²) in [7, 11) is 0. The summed E-state index contributed by atoms with van der Waals surface area (Å²) in [6, 6.07) is 4.42. The predicted octanol–water partition coefficient (Wildman–Crippen LogP) is 3.87. The molecule has 4 nitrogen and oxygen atoms in total. The lowest BCUT2D eigenvalue weighted by molar-refractivity contribution is 0.844. The maximum atomic E-state index is 4.53. The molecule has 2 rings (SSSR count). The zero-order valence-corrected chi connectivity index (χ0v) is 13.4. The molecule has 0 aliphatic rings. The molecule has 0 radical (unpaired) electrons. The minimum Gasteiger partial charge on any atom is -0.376 e. The minimum atomic E-state index is 0.253. The molecule has 1 atom stereocenters. The molecule has 0 aliphatic carbocycles. The van der Waals surface area contributed by atoms with E-state index in [1.807, 2.05) is 18.6 Å². The number of thiazole rings is 1. The second-order valence-corrected chi connectivity index (χ2v) is 5.63. The van der Waals surface area contributed by atoms with Crippen molar-refractivity contribution < 1.29 is 0 Å². The van der Waals surface area contributed by atoms with Gasteiger partial charge in [0, 0.05) is 18.0 Å². The van der Waals surface area contributed by atoms with Gasteiger partial charge in [0.1, 0.15) is 5.82 Å². The van der Waals surface area contributed by atoms with Gasteiger partial charge in [0.05, 0.1) is 29.1 Å². The highest BCUT2D eigenvalue weighted by molar-refractivity contribution is 7.09. The molecule has 2 aromatic heterocycles. The van der Waals surface area contributed by atoms with Gasteiger partial charge in [-0.3, -0.25) is 0 Å². The Morgan fingerprint density at radius 2 is 2.00 bits per heavy atom. The van der Waals surface area contributed by atoms with E-state index in [4.69, 9.17) is 0 Å². The second kappa shape index (κ2) is 6.70. The average Bonchev–Trinajstić information content (AvgIpc) is 2.88. The molecule has 1 N–H and O–H groups in total. The van der Waals surface area contributed by atoms with E-state index in [1.165, 1.54) is 4.88 Å². The topological polar surface area (TPSA) is 41.0 Å². The maximum Gasteiger partial charge on any atom is 0.128 e. The first-order valence-corrected chi connectivity index (χ1v) is 7.91. The first-order chi connectivity index (χ1) is 9.65. The van der Waals surface area contributed by atoms with Crippen molar-refractivity contribution in [3.63, 3.8) is 0 Å². The predicted molar refractivity (Wildman–Crippen MR) is 86.7 cm³/mol. The number of rotatable bonds is 6. The van der Waals surface area contributed by atoms with Crippen LogP contribution < -0.4 is 10.2 Å². The summed E-state index contributed by atoms with van der Waals surface area (Å²) in [6.45, 7) is 10.4. The van der Waals surface area contributed by atoms with E-state index in [0.717, 1.165) is 30.3 Å². The van der Waals surface area contributed by atoms with Gasteiger partial charge in [0.25, 0.3) is 0 Å². The Balaban J connectivity index is 2.06. The van der Waals surface area contributed by atoms with Crippen molar-refractivity contribution in [2.45, 2.75) is 33.7 Å².